The van der Waals surface area contributed by atoms with Crippen molar-refractivity contribution in [2.75, 3.05) is 26.4 Å². The van der Waals surface area contributed by atoms with Crippen LogP contribution in [0.2, 0.25) is 0 Å². The number of hydrogen-bond acceptors (Lipinski definition) is 14. The van der Waals surface area contributed by atoms with Crippen LogP contribution in [0.5, 0.6) is 0 Å². The number of hydrogen-bond donors (Lipinski definition) is 6. The number of nitrogens with one attached hydrogen (secondary N) is 1. The van der Waals surface area contributed by atoms with E-state index in [1.54, 1.807) is 12.2 Å². The third-order valence-electron chi connectivity index (χ3n) is 11.1. The maximum atomic E-state index is 14.3. The Bertz CT molecular complexity index is 1820. The number of carbonyl (C=O) groups excluding carboxylic acids is 2. The Morgan fingerprint density at radius 1 is 0.909 bits per heavy atom. The lowest BCUT2D eigenvalue weighted by molar-refractivity contribution is -0.298. The van der Waals surface area contributed by atoms with Crippen molar-refractivity contribution in [3.05, 3.63) is 113 Å². The zero-order chi connectivity index (χ0) is 38.3. The fourth-order valence-electron chi connectivity index (χ4n) is 8.54. The summed E-state index contributed by atoms with van der Waals surface area (Å²) in [6.45, 7) is -0.799. The van der Waals surface area contributed by atoms with Gasteiger partial charge in [-0.1, -0.05) is 97.1 Å². The van der Waals surface area contributed by atoms with Gasteiger partial charge in [-0.3, -0.25) is 14.4 Å². The summed E-state index contributed by atoms with van der Waals surface area (Å²) in [7, 11) is 0. The number of ether oxygens (including phenoxy) is 5. The molecule has 4 heterocycles. The Morgan fingerprint density at radius 3 is 2.31 bits per heavy atom. The van der Waals surface area contributed by atoms with E-state index in [9.17, 15) is 35.1 Å². The summed E-state index contributed by atoms with van der Waals surface area (Å²) in [5, 5.41) is 53.7. The van der Waals surface area contributed by atoms with Crippen LogP contribution < -0.4 is 5.32 Å². The summed E-state index contributed by atoms with van der Waals surface area (Å²) in [6, 6.07) is 25.2. The van der Waals surface area contributed by atoms with Crippen molar-refractivity contribution in [1.29, 1.82) is 0 Å². The first kappa shape index (κ1) is 37.8. The molecule has 5 aliphatic rings. The van der Waals surface area contributed by atoms with Gasteiger partial charge < -0.3 is 54.5 Å². The number of aliphatic hydroxyl groups is 5. The lowest BCUT2D eigenvalue weighted by Crippen LogP contribution is -2.69. The fraction of sp³-hybridized carbons (Fsp3) is 0.450. The second kappa shape index (κ2) is 15.4. The van der Waals surface area contributed by atoms with Crippen molar-refractivity contribution in [2.45, 2.75) is 79.9 Å². The van der Waals surface area contributed by atoms with Gasteiger partial charge in [0.15, 0.2) is 12.3 Å². The van der Waals surface area contributed by atoms with Crippen LogP contribution in [0.1, 0.15) is 28.7 Å². The van der Waals surface area contributed by atoms with Crippen LogP contribution in [0.3, 0.4) is 0 Å². The predicted octanol–water partition coefficient (Wildman–Crippen LogP) is 0.110. The molecule has 15 nitrogen and oxygen atoms in total. The summed E-state index contributed by atoms with van der Waals surface area (Å²) in [4.78, 5) is 35.0. The molecule has 0 radical (unpaired) electrons. The summed E-state index contributed by atoms with van der Waals surface area (Å²) < 4.78 is 30.9. The Balaban J connectivity index is 1.05. The van der Waals surface area contributed by atoms with Gasteiger partial charge in [0.1, 0.15) is 54.2 Å². The van der Waals surface area contributed by atoms with Crippen LogP contribution in [-0.4, -0.2) is 130 Å². The van der Waals surface area contributed by atoms with Crippen molar-refractivity contribution in [2.24, 2.45) is 5.41 Å². The molecule has 2 bridgehead atoms. The van der Waals surface area contributed by atoms with Gasteiger partial charge >= 0.3 is 5.97 Å². The van der Waals surface area contributed by atoms with Gasteiger partial charge in [-0.15, -0.1) is 0 Å². The molecule has 292 valence electrons. The molecule has 0 aromatic heterocycles. The second-order valence-corrected chi connectivity index (χ2v) is 14.4. The van der Waals surface area contributed by atoms with Crippen molar-refractivity contribution >= 4 is 18.0 Å². The van der Waals surface area contributed by atoms with Gasteiger partial charge in [-0.25, -0.2) is 0 Å². The molecule has 1 saturated carbocycles. The van der Waals surface area contributed by atoms with Crippen LogP contribution >= 0.6 is 0 Å². The third kappa shape index (κ3) is 6.58. The lowest BCUT2D eigenvalue weighted by Gasteiger charge is -2.48. The number of fused-ring (bicyclic) bond motifs is 4. The first-order chi connectivity index (χ1) is 26.7. The van der Waals surface area contributed by atoms with Crippen molar-refractivity contribution in [3.8, 4) is 0 Å². The van der Waals surface area contributed by atoms with Crippen molar-refractivity contribution in [3.63, 3.8) is 0 Å². The molecule has 4 aliphatic heterocycles. The number of benzene rings is 3. The Kier molecular flexibility index (Phi) is 10.6. The number of nitrogens with zero attached hydrogens (tertiary/aromatic N) is 1. The highest BCUT2D eigenvalue weighted by Crippen LogP contribution is 2.59. The first-order valence-electron chi connectivity index (χ1n) is 18.4. The van der Waals surface area contributed by atoms with E-state index in [1.807, 2.05) is 84.9 Å². The van der Waals surface area contributed by atoms with Crippen LogP contribution in [-0.2, 0) is 50.4 Å². The van der Waals surface area contributed by atoms with E-state index in [4.69, 9.17) is 28.5 Å². The van der Waals surface area contributed by atoms with Gasteiger partial charge in [-0.2, -0.15) is 5.06 Å². The van der Waals surface area contributed by atoms with E-state index < -0.39 is 90.8 Å². The van der Waals surface area contributed by atoms with Gasteiger partial charge in [0.2, 0.25) is 11.7 Å². The van der Waals surface area contributed by atoms with Crippen LogP contribution in [0.15, 0.2) is 91.0 Å². The van der Waals surface area contributed by atoms with Crippen molar-refractivity contribution in [1.82, 2.24) is 10.4 Å². The molecule has 15 heteroatoms. The lowest BCUT2D eigenvalue weighted by atomic mass is 9.62. The van der Waals surface area contributed by atoms with Gasteiger partial charge in [-0.05, 0) is 11.1 Å². The predicted molar refractivity (Wildman–Crippen MR) is 190 cm³/mol. The summed E-state index contributed by atoms with van der Waals surface area (Å²) >= 11 is 0. The number of rotatable bonds is 12. The standard InChI is InChI=1S/C40H44N2O13/c43-17-16-41-38(49)39-20-27-32-33(54-40(53-32,25-12-3-1-4-13-25)26-14-5-2-6-15-26)35(39)55-42(34(39)36(48)51-27)21-24-10-7-9-23(19-24)11-8-18-50-37-31(47)30(46)29(45)28(22-44)52-37/h1-15,19,27-35,37,43-47H,16-18,20-22H2,(H,41,49)/t27-,28-,29+,30+,31-,32+,33+,34+,35-,37+,39+/m1/s1. The van der Waals surface area contributed by atoms with E-state index in [2.05, 4.69) is 5.32 Å². The quantitative estimate of drug-likeness (QED) is 0.136. The number of carbonyl (C=O) groups is 2. The van der Waals surface area contributed by atoms with E-state index in [-0.39, 0.29) is 32.7 Å². The largest absolute Gasteiger partial charge is 0.458 e. The van der Waals surface area contributed by atoms with Crippen LogP contribution in [0.25, 0.3) is 6.08 Å². The zero-order valence-electron chi connectivity index (χ0n) is 29.7. The average molecular weight is 761 g/mol. The first-order valence-corrected chi connectivity index (χ1v) is 18.4. The third-order valence-corrected chi connectivity index (χ3v) is 11.1. The van der Waals surface area contributed by atoms with Crippen LogP contribution in [0, 0.1) is 5.41 Å². The second-order valence-electron chi connectivity index (χ2n) is 14.4. The van der Waals surface area contributed by atoms with Crippen LogP contribution in [0.4, 0.5) is 0 Å². The highest BCUT2D eigenvalue weighted by Gasteiger charge is 2.76. The topological polar surface area (TPSA) is 206 Å². The van der Waals surface area contributed by atoms with Gasteiger partial charge in [0.25, 0.3) is 0 Å². The van der Waals surface area contributed by atoms with E-state index in [0.717, 1.165) is 22.3 Å². The molecule has 1 aliphatic carbocycles. The normalized spacial score (nSPS) is 35.0. The number of esters is 1. The molecule has 55 heavy (non-hydrogen) atoms. The molecule has 11 atom stereocenters. The number of aliphatic hydroxyl groups excluding tert-OH is 5. The molecular formula is C40H44N2O13. The minimum atomic E-state index is -1.55. The summed E-state index contributed by atoms with van der Waals surface area (Å²) in [5.74, 6) is -2.46. The molecule has 6 N–H and O–H groups in total. The van der Waals surface area contributed by atoms with E-state index in [0.29, 0.717) is 0 Å². The molecule has 1 amide bonds. The number of hydroxylamine groups is 2. The Morgan fingerprint density at radius 2 is 1.62 bits per heavy atom. The molecule has 0 unspecified atom stereocenters. The SMILES string of the molecule is O=C1O[C@@H]2C[C@@]3(C(=O)NCCO)[C@H](ON(Cc4cccc(C=CCO[C@H]5O[C@H](CO)[C@H](O)[C@H](O)[C@H]5O)c4)[C@@H]13)[C@H]1OC(c3ccccc3)(c3ccccc3)O[C@H]12. The summed E-state index contributed by atoms with van der Waals surface area (Å²) in [5.41, 5.74) is 1.54. The smallest absolute Gasteiger partial charge is 0.327 e. The van der Waals surface area contributed by atoms with Gasteiger partial charge in [0, 0.05) is 24.1 Å². The molecule has 3 aromatic carbocycles. The monoisotopic (exact) mass is 760 g/mol. The molecule has 5 fully saturated rings. The Labute approximate surface area is 316 Å². The zero-order valence-corrected chi connectivity index (χ0v) is 29.7. The molecule has 8 rings (SSSR count). The maximum absolute atomic E-state index is 14.3. The van der Waals surface area contributed by atoms with Gasteiger partial charge in [0.05, 0.1) is 26.4 Å². The minimum Gasteiger partial charge on any atom is -0.458 e. The fourth-order valence-corrected chi connectivity index (χ4v) is 8.54. The molecule has 3 aromatic rings. The van der Waals surface area contributed by atoms with Crippen molar-refractivity contribution < 1.29 is 63.6 Å². The highest BCUT2D eigenvalue weighted by atomic mass is 16.8. The Hall–Kier alpha value is -4.10. The minimum absolute atomic E-state index is 0.0162. The summed E-state index contributed by atoms with van der Waals surface area (Å²) in [6.07, 6.45) is -6.72. The molecular weight excluding hydrogens is 716 g/mol. The van der Waals surface area contributed by atoms with E-state index in [1.165, 1.54) is 5.06 Å². The molecule has 4 saturated heterocycles. The average Bonchev–Trinajstić information content (AvgIpc) is 3.79. The maximum Gasteiger partial charge on any atom is 0.327 e. The number of amides is 1. The highest BCUT2D eigenvalue weighted by molar-refractivity contribution is 5.93. The molecule has 0 spiro atoms. The van der Waals surface area contributed by atoms with E-state index >= 15 is 0 Å².